The quantitative estimate of drug-likeness (QED) is 0.835. The summed E-state index contributed by atoms with van der Waals surface area (Å²) >= 11 is 0. The number of likely N-dealkylation sites (N-methyl/N-ethyl adjacent to an activating group) is 1. The zero-order valence-corrected chi connectivity index (χ0v) is 13.2. The molecule has 1 aromatic rings. The number of amides is 2. The van der Waals surface area contributed by atoms with Gasteiger partial charge in [-0.15, -0.1) is 0 Å². The Hall–Kier alpha value is -2.04. The average molecular weight is 292 g/mol. The maximum Gasteiger partial charge on any atom is 0.242 e. The number of carbonyl (C=O) groups is 2. The number of hydrogen-bond donors (Lipinski definition) is 1. The predicted molar refractivity (Wildman–Crippen MR) is 82.0 cm³/mol. The maximum absolute atomic E-state index is 12.1. The minimum Gasteiger partial charge on any atom is -0.497 e. The van der Waals surface area contributed by atoms with Crippen LogP contribution in [0.15, 0.2) is 24.3 Å². The van der Waals surface area contributed by atoms with Gasteiger partial charge in [0.05, 0.1) is 7.11 Å². The van der Waals surface area contributed by atoms with Crippen LogP contribution >= 0.6 is 0 Å². The molecule has 1 aromatic carbocycles. The molecule has 1 atom stereocenters. The maximum atomic E-state index is 12.1. The van der Waals surface area contributed by atoms with E-state index in [1.54, 1.807) is 25.9 Å². The molecule has 5 nitrogen and oxygen atoms in total. The molecule has 0 fully saturated rings. The summed E-state index contributed by atoms with van der Waals surface area (Å²) in [4.78, 5) is 25.7. The van der Waals surface area contributed by atoms with Gasteiger partial charge >= 0.3 is 0 Å². The minimum atomic E-state index is -0.487. The van der Waals surface area contributed by atoms with E-state index in [0.29, 0.717) is 19.5 Å². The number of ether oxygens (including phenoxy) is 1. The summed E-state index contributed by atoms with van der Waals surface area (Å²) in [6.45, 7) is 6.38. The van der Waals surface area contributed by atoms with Crippen LogP contribution in [0.3, 0.4) is 0 Å². The highest BCUT2D eigenvalue weighted by Crippen LogP contribution is 2.15. The molecular formula is C16H24N2O3. The molecule has 2 amide bonds. The Balaban J connectivity index is 2.86. The van der Waals surface area contributed by atoms with Crippen LogP contribution in [0.1, 0.15) is 32.8 Å². The minimum absolute atomic E-state index is 0.0374. The fraction of sp³-hybridized carbons (Fsp3) is 0.500. The van der Waals surface area contributed by atoms with E-state index >= 15 is 0 Å². The van der Waals surface area contributed by atoms with Crippen molar-refractivity contribution >= 4 is 11.8 Å². The van der Waals surface area contributed by atoms with Gasteiger partial charge in [-0.25, -0.2) is 0 Å². The fourth-order valence-corrected chi connectivity index (χ4v) is 2.04. The largest absolute Gasteiger partial charge is 0.497 e. The SMILES string of the molecule is CCNC(=O)C(C)N(Cc1ccc(OC)cc1)C(=O)CC. The second-order valence-corrected chi connectivity index (χ2v) is 4.79. The van der Waals surface area contributed by atoms with Crippen molar-refractivity contribution in [1.29, 1.82) is 0 Å². The molecule has 0 saturated carbocycles. The summed E-state index contributed by atoms with van der Waals surface area (Å²) in [7, 11) is 1.61. The summed E-state index contributed by atoms with van der Waals surface area (Å²) in [6, 6.07) is 7.01. The smallest absolute Gasteiger partial charge is 0.242 e. The van der Waals surface area contributed by atoms with E-state index in [2.05, 4.69) is 5.32 Å². The first-order valence-corrected chi connectivity index (χ1v) is 7.23. The van der Waals surface area contributed by atoms with Crippen LogP contribution in [0, 0.1) is 0 Å². The Labute approximate surface area is 126 Å². The number of carbonyl (C=O) groups excluding carboxylic acids is 2. The number of hydrogen-bond acceptors (Lipinski definition) is 3. The first-order chi connectivity index (χ1) is 10.0. The van der Waals surface area contributed by atoms with Gasteiger partial charge in [0.15, 0.2) is 0 Å². The highest BCUT2D eigenvalue weighted by Gasteiger charge is 2.24. The summed E-state index contributed by atoms with van der Waals surface area (Å²) in [5, 5.41) is 2.76. The zero-order chi connectivity index (χ0) is 15.8. The van der Waals surface area contributed by atoms with Gasteiger partial charge in [-0.3, -0.25) is 9.59 Å². The molecular weight excluding hydrogens is 268 g/mol. The second-order valence-electron chi connectivity index (χ2n) is 4.79. The van der Waals surface area contributed by atoms with E-state index in [-0.39, 0.29) is 11.8 Å². The van der Waals surface area contributed by atoms with Crippen LogP contribution in [-0.4, -0.2) is 36.4 Å². The predicted octanol–water partition coefficient (Wildman–Crippen LogP) is 1.96. The van der Waals surface area contributed by atoms with E-state index in [4.69, 9.17) is 4.74 Å². The molecule has 0 saturated heterocycles. The first-order valence-electron chi connectivity index (χ1n) is 7.23. The van der Waals surface area contributed by atoms with Crippen molar-refractivity contribution in [2.45, 2.75) is 39.8 Å². The highest BCUT2D eigenvalue weighted by atomic mass is 16.5. The van der Waals surface area contributed by atoms with E-state index in [1.165, 1.54) is 0 Å². The van der Waals surface area contributed by atoms with Crippen molar-refractivity contribution < 1.29 is 14.3 Å². The van der Waals surface area contributed by atoms with Gasteiger partial charge in [0, 0.05) is 19.5 Å². The number of nitrogens with one attached hydrogen (secondary N) is 1. The molecule has 0 aliphatic heterocycles. The lowest BCUT2D eigenvalue weighted by atomic mass is 10.1. The topological polar surface area (TPSA) is 58.6 Å². The number of nitrogens with zero attached hydrogens (tertiary/aromatic N) is 1. The Kier molecular flexibility index (Phi) is 6.72. The molecule has 1 N–H and O–H groups in total. The lowest BCUT2D eigenvalue weighted by molar-refractivity contribution is -0.140. The van der Waals surface area contributed by atoms with Crippen molar-refractivity contribution in [2.75, 3.05) is 13.7 Å². The Morgan fingerprint density at radius 1 is 1.24 bits per heavy atom. The van der Waals surface area contributed by atoms with E-state index in [9.17, 15) is 9.59 Å². The summed E-state index contributed by atoms with van der Waals surface area (Å²) in [6.07, 6.45) is 0.375. The van der Waals surface area contributed by atoms with E-state index < -0.39 is 6.04 Å². The summed E-state index contributed by atoms with van der Waals surface area (Å²) in [5.74, 6) is 0.598. The monoisotopic (exact) mass is 292 g/mol. The fourth-order valence-electron chi connectivity index (χ4n) is 2.04. The van der Waals surface area contributed by atoms with Crippen molar-refractivity contribution in [2.24, 2.45) is 0 Å². The van der Waals surface area contributed by atoms with Crippen LogP contribution < -0.4 is 10.1 Å². The van der Waals surface area contributed by atoms with Gasteiger partial charge in [-0.2, -0.15) is 0 Å². The third-order valence-electron chi connectivity index (χ3n) is 3.33. The molecule has 1 rings (SSSR count). The third kappa shape index (κ3) is 4.77. The standard InChI is InChI=1S/C16H24N2O3/c1-5-15(19)18(12(3)16(20)17-6-2)11-13-7-9-14(21-4)10-8-13/h7-10,12H,5-6,11H2,1-4H3,(H,17,20). The summed E-state index contributed by atoms with van der Waals surface area (Å²) in [5.41, 5.74) is 0.966. The van der Waals surface area contributed by atoms with Crippen LogP contribution in [0.2, 0.25) is 0 Å². The van der Waals surface area contributed by atoms with Gasteiger partial charge in [-0.05, 0) is 31.5 Å². The molecule has 0 bridgehead atoms. The van der Waals surface area contributed by atoms with Gasteiger partial charge in [-0.1, -0.05) is 19.1 Å². The number of benzene rings is 1. The van der Waals surface area contributed by atoms with Crippen LogP contribution in [0.4, 0.5) is 0 Å². The van der Waals surface area contributed by atoms with Crippen LogP contribution in [-0.2, 0) is 16.1 Å². The van der Waals surface area contributed by atoms with Gasteiger partial charge in [0.2, 0.25) is 11.8 Å². The molecule has 0 heterocycles. The molecule has 0 spiro atoms. The van der Waals surface area contributed by atoms with Crippen molar-refractivity contribution in [3.63, 3.8) is 0 Å². The molecule has 0 aromatic heterocycles. The third-order valence-corrected chi connectivity index (χ3v) is 3.33. The Morgan fingerprint density at radius 3 is 2.33 bits per heavy atom. The van der Waals surface area contributed by atoms with E-state index in [1.807, 2.05) is 31.2 Å². The average Bonchev–Trinajstić information content (AvgIpc) is 2.52. The van der Waals surface area contributed by atoms with Gasteiger partial charge in [0.1, 0.15) is 11.8 Å². The van der Waals surface area contributed by atoms with Crippen molar-refractivity contribution in [3.8, 4) is 5.75 Å². The van der Waals surface area contributed by atoms with Crippen molar-refractivity contribution in [1.82, 2.24) is 10.2 Å². The first kappa shape index (κ1) is 17.0. The van der Waals surface area contributed by atoms with Gasteiger partial charge in [0.25, 0.3) is 0 Å². The Morgan fingerprint density at radius 2 is 1.86 bits per heavy atom. The van der Waals surface area contributed by atoms with E-state index in [0.717, 1.165) is 11.3 Å². The molecule has 1 unspecified atom stereocenters. The number of rotatable bonds is 7. The number of methoxy groups -OCH3 is 1. The Bertz CT molecular complexity index is 471. The summed E-state index contributed by atoms with van der Waals surface area (Å²) < 4.78 is 5.12. The molecule has 0 aliphatic carbocycles. The zero-order valence-electron chi connectivity index (χ0n) is 13.2. The molecule has 0 aliphatic rings. The highest BCUT2D eigenvalue weighted by molar-refractivity contribution is 5.87. The van der Waals surface area contributed by atoms with Crippen molar-refractivity contribution in [3.05, 3.63) is 29.8 Å². The van der Waals surface area contributed by atoms with Crippen LogP contribution in [0.5, 0.6) is 5.75 Å². The lowest BCUT2D eigenvalue weighted by Crippen LogP contribution is -2.47. The molecule has 21 heavy (non-hydrogen) atoms. The molecule has 0 radical (unpaired) electrons. The molecule has 116 valence electrons. The normalized spacial score (nSPS) is 11.6. The molecule has 5 heteroatoms. The van der Waals surface area contributed by atoms with Gasteiger partial charge < -0.3 is 15.0 Å². The van der Waals surface area contributed by atoms with Crippen LogP contribution in [0.25, 0.3) is 0 Å². The second kappa shape index (κ2) is 8.29. The lowest BCUT2D eigenvalue weighted by Gasteiger charge is -2.28.